The molecule has 3 aliphatic heterocycles. The molecule has 0 aromatic carbocycles. The van der Waals surface area contributed by atoms with Crippen molar-refractivity contribution < 1.29 is 14.6 Å². The summed E-state index contributed by atoms with van der Waals surface area (Å²) in [5.41, 5.74) is 0. The van der Waals surface area contributed by atoms with Crippen molar-refractivity contribution in [1.29, 1.82) is 0 Å². The number of piperazine rings is 1. The maximum absolute atomic E-state index is 10.7. The number of hydrogen-bond donors (Lipinski definition) is 2. The zero-order valence-electron chi connectivity index (χ0n) is 17.8. The summed E-state index contributed by atoms with van der Waals surface area (Å²) >= 11 is 0. The Balaban J connectivity index is 1.57. The number of aliphatic hydroxyl groups is 1. The molecule has 5 nitrogen and oxygen atoms in total. The summed E-state index contributed by atoms with van der Waals surface area (Å²) in [5, 5.41) is 14.1. The Labute approximate surface area is 166 Å². The summed E-state index contributed by atoms with van der Waals surface area (Å²) in [5.74, 6) is 0.888. The molecule has 6 atom stereocenters. The topological polar surface area (TPSA) is 54.0 Å². The summed E-state index contributed by atoms with van der Waals surface area (Å²) in [7, 11) is 0. The number of nitrogens with zero attached hydrogens (tertiary/aromatic N) is 1. The van der Waals surface area contributed by atoms with Crippen LogP contribution in [0.5, 0.6) is 0 Å². The highest BCUT2D eigenvalue weighted by molar-refractivity contribution is 4.83. The molecule has 3 rings (SSSR count). The van der Waals surface area contributed by atoms with Crippen LogP contribution in [0.15, 0.2) is 0 Å². The van der Waals surface area contributed by atoms with Gasteiger partial charge in [-0.05, 0) is 56.9 Å². The maximum atomic E-state index is 10.7. The highest BCUT2D eigenvalue weighted by atomic mass is 16.7. The summed E-state index contributed by atoms with van der Waals surface area (Å²) in [4.78, 5) is 2.56. The van der Waals surface area contributed by atoms with Crippen molar-refractivity contribution in [2.75, 3.05) is 32.7 Å². The van der Waals surface area contributed by atoms with Crippen molar-refractivity contribution in [2.24, 2.45) is 17.8 Å². The van der Waals surface area contributed by atoms with E-state index in [2.05, 4.69) is 24.1 Å². The fourth-order valence-electron chi connectivity index (χ4n) is 5.14. The van der Waals surface area contributed by atoms with Crippen LogP contribution in [0.4, 0.5) is 0 Å². The molecular weight excluding hydrogens is 340 g/mol. The van der Waals surface area contributed by atoms with E-state index >= 15 is 0 Å². The van der Waals surface area contributed by atoms with Gasteiger partial charge in [0.05, 0.1) is 6.10 Å². The number of fused-ring (bicyclic) bond motifs is 2. The van der Waals surface area contributed by atoms with Gasteiger partial charge in [0.25, 0.3) is 0 Å². The third-order valence-corrected chi connectivity index (χ3v) is 7.08. The molecule has 3 aliphatic rings. The Morgan fingerprint density at radius 3 is 2.70 bits per heavy atom. The largest absolute Gasteiger partial charge is 0.366 e. The van der Waals surface area contributed by atoms with E-state index in [1.165, 1.54) is 32.2 Å². The van der Waals surface area contributed by atoms with Crippen molar-refractivity contribution in [2.45, 2.75) is 90.3 Å². The van der Waals surface area contributed by atoms with Crippen molar-refractivity contribution in [3.63, 3.8) is 0 Å². The van der Waals surface area contributed by atoms with Crippen molar-refractivity contribution in [1.82, 2.24) is 10.2 Å². The Kier molecular flexibility index (Phi) is 7.98. The smallest absolute Gasteiger partial charge is 0.165 e. The molecule has 5 heteroatoms. The molecule has 3 fully saturated rings. The van der Waals surface area contributed by atoms with Gasteiger partial charge < -0.3 is 24.8 Å². The third kappa shape index (κ3) is 6.67. The highest BCUT2D eigenvalue weighted by Gasteiger charge is 2.39. The van der Waals surface area contributed by atoms with Crippen LogP contribution in [0, 0.1) is 17.8 Å². The minimum absolute atomic E-state index is 0.251. The Bertz CT molecular complexity index is 439. The summed E-state index contributed by atoms with van der Waals surface area (Å²) in [6.07, 6.45) is 8.67. The van der Waals surface area contributed by atoms with Crippen molar-refractivity contribution >= 4 is 0 Å². The molecule has 0 radical (unpaired) electrons. The minimum atomic E-state index is -1.06. The lowest BCUT2D eigenvalue weighted by atomic mass is 9.78. The highest BCUT2D eigenvalue weighted by Crippen LogP contribution is 2.39. The second-order valence-corrected chi connectivity index (χ2v) is 9.56. The first-order chi connectivity index (χ1) is 12.9. The molecule has 0 spiro atoms. The van der Waals surface area contributed by atoms with Crippen LogP contribution in [0.1, 0.15) is 72.1 Å². The predicted octanol–water partition coefficient (Wildman–Crippen LogP) is 3.36. The molecule has 0 aromatic rings. The number of rotatable bonds is 4. The Morgan fingerprint density at radius 2 is 1.93 bits per heavy atom. The third-order valence-electron chi connectivity index (χ3n) is 7.08. The van der Waals surface area contributed by atoms with Gasteiger partial charge in [0.1, 0.15) is 0 Å². The van der Waals surface area contributed by atoms with Crippen LogP contribution in [-0.2, 0) is 9.47 Å². The van der Waals surface area contributed by atoms with Crippen LogP contribution in [0.25, 0.3) is 0 Å². The van der Waals surface area contributed by atoms with E-state index in [-0.39, 0.29) is 12.4 Å². The Hall–Kier alpha value is -0.200. The molecule has 6 unspecified atom stereocenters. The normalized spacial score (nSPS) is 42.4. The fourth-order valence-corrected chi connectivity index (χ4v) is 5.14. The van der Waals surface area contributed by atoms with Gasteiger partial charge in [-0.15, -0.1) is 0 Å². The van der Waals surface area contributed by atoms with E-state index in [0.29, 0.717) is 18.3 Å². The molecule has 0 aromatic heterocycles. The molecule has 158 valence electrons. The van der Waals surface area contributed by atoms with E-state index in [0.717, 1.165) is 51.4 Å². The molecule has 0 saturated carbocycles. The summed E-state index contributed by atoms with van der Waals surface area (Å²) in [6.45, 7) is 12.3. The summed E-state index contributed by atoms with van der Waals surface area (Å²) in [6, 6.07) is 0. The standard InChI is InChI=1S/C22H42N2O3/c1-17-6-4-10-22(3,25)27-21-16-19(9-8-17)18(2)20(26-21)7-5-13-24-14-11-23-12-15-24/h17-21,23,25H,4-16H2,1-3H3. The second-order valence-electron chi connectivity index (χ2n) is 9.56. The van der Waals surface area contributed by atoms with Crippen LogP contribution in [-0.4, -0.2) is 60.9 Å². The van der Waals surface area contributed by atoms with E-state index in [1.54, 1.807) is 0 Å². The van der Waals surface area contributed by atoms with Gasteiger partial charge in [-0.1, -0.05) is 26.7 Å². The quantitative estimate of drug-likeness (QED) is 0.781. The molecule has 3 heterocycles. The minimum Gasteiger partial charge on any atom is -0.366 e. The van der Waals surface area contributed by atoms with Gasteiger partial charge in [-0.2, -0.15) is 0 Å². The first-order valence-corrected chi connectivity index (χ1v) is 11.4. The monoisotopic (exact) mass is 382 g/mol. The number of nitrogens with one attached hydrogen (secondary N) is 1. The fraction of sp³-hybridized carbons (Fsp3) is 1.00. The first-order valence-electron chi connectivity index (χ1n) is 11.4. The maximum Gasteiger partial charge on any atom is 0.165 e. The van der Waals surface area contributed by atoms with E-state index in [4.69, 9.17) is 9.47 Å². The zero-order chi connectivity index (χ0) is 19.3. The summed E-state index contributed by atoms with van der Waals surface area (Å²) < 4.78 is 12.4. The SMILES string of the molecule is CC1CCCC(C)(O)OC2CC(CC1)C(C)C(CCCN1CCNCC1)O2. The van der Waals surface area contributed by atoms with Crippen LogP contribution >= 0.6 is 0 Å². The molecule has 2 bridgehead atoms. The first kappa shape index (κ1) is 21.5. The van der Waals surface area contributed by atoms with Gasteiger partial charge in [-0.3, -0.25) is 0 Å². The lowest BCUT2D eigenvalue weighted by Gasteiger charge is -2.42. The van der Waals surface area contributed by atoms with Crippen molar-refractivity contribution in [3.05, 3.63) is 0 Å². The van der Waals surface area contributed by atoms with Gasteiger partial charge in [-0.25, -0.2) is 0 Å². The molecular formula is C22H42N2O3. The number of ether oxygens (including phenoxy) is 2. The average Bonchev–Trinajstić information content (AvgIpc) is 2.64. The predicted molar refractivity (Wildman–Crippen MR) is 108 cm³/mol. The molecule has 3 saturated heterocycles. The van der Waals surface area contributed by atoms with Crippen LogP contribution in [0.3, 0.4) is 0 Å². The van der Waals surface area contributed by atoms with Gasteiger partial charge in [0, 0.05) is 39.0 Å². The second kappa shape index (κ2) is 10.0. The average molecular weight is 383 g/mol. The molecule has 0 amide bonds. The van der Waals surface area contributed by atoms with E-state index < -0.39 is 5.79 Å². The lowest BCUT2D eigenvalue weighted by Crippen LogP contribution is -2.46. The molecule has 27 heavy (non-hydrogen) atoms. The van der Waals surface area contributed by atoms with Crippen LogP contribution in [0.2, 0.25) is 0 Å². The molecule has 2 N–H and O–H groups in total. The van der Waals surface area contributed by atoms with Gasteiger partial charge in [0.15, 0.2) is 12.1 Å². The van der Waals surface area contributed by atoms with Crippen molar-refractivity contribution in [3.8, 4) is 0 Å². The van der Waals surface area contributed by atoms with Gasteiger partial charge in [0.2, 0.25) is 0 Å². The zero-order valence-corrected chi connectivity index (χ0v) is 17.8. The van der Waals surface area contributed by atoms with Crippen LogP contribution < -0.4 is 5.32 Å². The lowest BCUT2D eigenvalue weighted by molar-refractivity contribution is -0.318. The number of hydrogen-bond acceptors (Lipinski definition) is 5. The van der Waals surface area contributed by atoms with E-state index in [9.17, 15) is 5.11 Å². The molecule has 0 aliphatic carbocycles. The van der Waals surface area contributed by atoms with Gasteiger partial charge >= 0.3 is 0 Å². The van der Waals surface area contributed by atoms with E-state index in [1.807, 2.05) is 6.92 Å². The Morgan fingerprint density at radius 1 is 1.15 bits per heavy atom.